The smallest absolute Gasteiger partial charge is 0.269 e. The van der Waals surface area contributed by atoms with Crippen molar-refractivity contribution in [2.75, 3.05) is 0 Å². The number of ether oxygens (including phenoxy) is 2. The molecule has 0 N–H and O–H groups in total. The van der Waals surface area contributed by atoms with Gasteiger partial charge in [-0.3, -0.25) is 20.2 Å². The van der Waals surface area contributed by atoms with Crippen LogP contribution in [0.15, 0.2) is 97.1 Å². The Morgan fingerprint density at radius 1 is 0.529 bits per heavy atom. The molecule has 2 saturated carbocycles. The van der Waals surface area contributed by atoms with Crippen molar-refractivity contribution in [1.82, 2.24) is 0 Å². The number of hydrogen-bond donors (Lipinski definition) is 0. The number of rotatable bonds is 15. The van der Waals surface area contributed by atoms with Crippen LogP contribution in [0.5, 0.6) is 23.0 Å². The Labute approximate surface area is 301 Å². The lowest BCUT2D eigenvalue weighted by molar-refractivity contribution is -0.385. The van der Waals surface area contributed by atoms with Crippen molar-refractivity contribution in [1.29, 1.82) is 0 Å². The van der Waals surface area contributed by atoms with Gasteiger partial charge in [-0.25, -0.2) is 0 Å². The van der Waals surface area contributed by atoms with E-state index in [2.05, 4.69) is 31.2 Å². The van der Waals surface area contributed by atoms with Crippen molar-refractivity contribution in [2.24, 2.45) is 17.8 Å². The highest BCUT2D eigenvalue weighted by Crippen LogP contribution is 2.49. The van der Waals surface area contributed by atoms with Gasteiger partial charge in [0.05, 0.1) is 9.85 Å². The lowest BCUT2D eigenvalue weighted by Gasteiger charge is -2.42. The van der Waals surface area contributed by atoms with Gasteiger partial charge in [-0.2, -0.15) is 0 Å². The normalized spacial score (nSPS) is 18.9. The lowest BCUT2D eigenvalue weighted by atomic mass is 9.62. The van der Waals surface area contributed by atoms with Gasteiger partial charge in [-0.05, 0) is 103 Å². The highest BCUT2D eigenvalue weighted by atomic mass is 16.6. The first-order valence-electron chi connectivity index (χ1n) is 18.9. The van der Waals surface area contributed by atoms with Gasteiger partial charge in [0.15, 0.2) is 0 Å². The van der Waals surface area contributed by atoms with E-state index in [1.807, 2.05) is 24.3 Å². The summed E-state index contributed by atoms with van der Waals surface area (Å²) in [6.07, 6.45) is 18.4. The van der Waals surface area contributed by atoms with E-state index in [1.165, 1.54) is 112 Å². The molecular formula is C43H50N2O6. The molecule has 0 unspecified atom stereocenters. The number of nitro benzene ring substituents is 2. The summed E-state index contributed by atoms with van der Waals surface area (Å²) in [6.45, 7) is 2.29. The highest BCUT2D eigenvalue weighted by molar-refractivity contribution is 5.46. The molecule has 8 heteroatoms. The second-order valence-corrected chi connectivity index (χ2v) is 14.7. The molecule has 8 nitrogen and oxygen atoms in total. The Balaban J connectivity index is 1.13. The molecule has 0 saturated heterocycles. The van der Waals surface area contributed by atoms with Crippen LogP contribution in [-0.4, -0.2) is 9.85 Å². The van der Waals surface area contributed by atoms with Crippen LogP contribution in [0.25, 0.3) is 0 Å². The molecule has 2 aliphatic carbocycles. The van der Waals surface area contributed by atoms with Crippen molar-refractivity contribution < 1.29 is 19.3 Å². The molecule has 0 heterocycles. The van der Waals surface area contributed by atoms with Crippen LogP contribution >= 0.6 is 0 Å². The van der Waals surface area contributed by atoms with Crippen molar-refractivity contribution >= 4 is 11.4 Å². The third kappa shape index (κ3) is 9.34. The van der Waals surface area contributed by atoms with Crippen LogP contribution < -0.4 is 9.47 Å². The molecule has 51 heavy (non-hydrogen) atoms. The predicted molar refractivity (Wildman–Crippen MR) is 201 cm³/mol. The van der Waals surface area contributed by atoms with Crippen molar-refractivity contribution in [3.63, 3.8) is 0 Å². The highest BCUT2D eigenvalue weighted by Gasteiger charge is 2.38. The summed E-state index contributed by atoms with van der Waals surface area (Å²) in [4.78, 5) is 21.3. The van der Waals surface area contributed by atoms with Gasteiger partial charge >= 0.3 is 0 Å². The zero-order valence-corrected chi connectivity index (χ0v) is 29.7. The molecule has 0 atom stereocenters. The van der Waals surface area contributed by atoms with Gasteiger partial charge in [0.25, 0.3) is 11.4 Å². The number of unbranched alkanes of at least 4 members (excludes halogenated alkanes) is 2. The average Bonchev–Trinajstić information content (AvgIpc) is 3.16. The molecular weight excluding hydrogens is 640 g/mol. The monoisotopic (exact) mass is 690 g/mol. The third-order valence-electron chi connectivity index (χ3n) is 11.5. The molecule has 4 aromatic rings. The van der Waals surface area contributed by atoms with E-state index < -0.39 is 9.85 Å². The van der Waals surface area contributed by atoms with E-state index in [4.69, 9.17) is 9.47 Å². The van der Waals surface area contributed by atoms with E-state index in [0.717, 1.165) is 30.6 Å². The quantitative estimate of drug-likeness (QED) is 0.0698. The van der Waals surface area contributed by atoms with E-state index in [9.17, 15) is 20.2 Å². The molecule has 2 fully saturated rings. The fourth-order valence-corrected chi connectivity index (χ4v) is 8.39. The minimum absolute atomic E-state index is 0.0320. The summed E-state index contributed by atoms with van der Waals surface area (Å²) in [6, 6.07) is 28.9. The maximum atomic E-state index is 11.1. The van der Waals surface area contributed by atoms with Gasteiger partial charge in [0, 0.05) is 29.7 Å². The first kappa shape index (κ1) is 36.1. The van der Waals surface area contributed by atoms with Crippen molar-refractivity contribution in [3.05, 3.63) is 128 Å². The number of non-ortho nitro benzene ring substituents is 2. The van der Waals surface area contributed by atoms with Crippen LogP contribution in [0, 0.1) is 38.0 Å². The summed E-state index contributed by atoms with van der Waals surface area (Å²) in [7, 11) is 0. The van der Waals surface area contributed by atoms with Crippen LogP contribution in [0.4, 0.5) is 11.4 Å². The molecule has 6 rings (SSSR count). The van der Waals surface area contributed by atoms with Crippen molar-refractivity contribution in [2.45, 2.75) is 102 Å². The summed E-state index contributed by atoms with van der Waals surface area (Å²) < 4.78 is 12.1. The van der Waals surface area contributed by atoms with Gasteiger partial charge < -0.3 is 9.47 Å². The van der Waals surface area contributed by atoms with E-state index >= 15 is 0 Å². The van der Waals surface area contributed by atoms with Gasteiger partial charge in [0.1, 0.15) is 23.0 Å². The molecule has 0 aliphatic heterocycles. The second-order valence-electron chi connectivity index (χ2n) is 14.7. The maximum absolute atomic E-state index is 11.1. The summed E-state index contributed by atoms with van der Waals surface area (Å²) in [5, 5.41) is 22.1. The summed E-state index contributed by atoms with van der Waals surface area (Å²) in [5.41, 5.74) is 2.42. The van der Waals surface area contributed by atoms with E-state index in [1.54, 1.807) is 24.3 Å². The number of nitrogens with zero attached hydrogens (tertiary/aromatic N) is 2. The number of nitro groups is 2. The van der Waals surface area contributed by atoms with Crippen LogP contribution in [0.1, 0.15) is 108 Å². The van der Waals surface area contributed by atoms with Crippen LogP contribution in [0.3, 0.4) is 0 Å². The minimum atomic E-state index is -0.415. The Bertz CT molecular complexity index is 1600. The fourth-order valence-electron chi connectivity index (χ4n) is 8.39. The van der Waals surface area contributed by atoms with Crippen molar-refractivity contribution in [3.8, 4) is 23.0 Å². The first-order valence-corrected chi connectivity index (χ1v) is 18.9. The Morgan fingerprint density at radius 2 is 0.882 bits per heavy atom. The number of benzene rings is 4. The Kier molecular flexibility index (Phi) is 12.0. The lowest BCUT2D eigenvalue weighted by Crippen LogP contribution is -2.33. The Hall–Kier alpha value is -4.72. The molecule has 268 valence electrons. The minimum Gasteiger partial charge on any atom is -0.457 e. The zero-order valence-electron chi connectivity index (χ0n) is 29.7. The molecule has 0 aromatic heterocycles. The van der Waals surface area contributed by atoms with E-state index in [-0.39, 0.29) is 16.8 Å². The Morgan fingerprint density at radius 3 is 1.25 bits per heavy atom. The molecule has 4 aromatic carbocycles. The summed E-state index contributed by atoms with van der Waals surface area (Å²) >= 11 is 0. The van der Waals surface area contributed by atoms with E-state index in [0.29, 0.717) is 23.0 Å². The maximum Gasteiger partial charge on any atom is 0.269 e. The predicted octanol–water partition coefficient (Wildman–Crippen LogP) is 12.7. The van der Waals surface area contributed by atoms with Gasteiger partial charge in [0.2, 0.25) is 0 Å². The number of hydrogen-bond acceptors (Lipinski definition) is 6. The molecule has 0 amide bonds. The summed E-state index contributed by atoms with van der Waals surface area (Å²) in [5.74, 6) is 5.07. The van der Waals surface area contributed by atoms with Crippen LogP contribution in [-0.2, 0) is 5.41 Å². The molecule has 2 aliphatic rings. The first-order chi connectivity index (χ1) is 24.8. The largest absolute Gasteiger partial charge is 0.457 e. The van der Waals surface area contributed by atoms with Gasteiger partial charge in [-0.15, -0.1) is 0 Å². The topological polar surface area (TPSA) is 105 Å². The molecule has 0 spiro atoms. The SMILES string of the molecule is CCCCC[C@H]1CC[C@H](CCC2CCC(c3ccc(Oc4ccc([N+](=O)[O-])cc4)cc3)(c3ccc(Oc4ccc([N+](=O)[O-])cc4)cc3)CC2)CC1. The molecule has 0 bridgehead atoms. The zero-order chi connectivity index (χ0) is 35.6. The average molecular weight is 691 g/mol. The standard InChI is InChI=1S/C43H50N2O6/c1-2-3-4-5-32-6-8-33(9-7-32)10-11-34-28-30-43(31-29-34,35-12-20-39(21-13-35)50-41-24-16-37(17-25-41)44(46)47)36-14-22-40(23-15-36)51-42-26-18-38(19-27-42)45(48)49/h12-27,32-34H,2-11,28-31H2,1H3/t32-,33-. The third-order valence-corrected chi connectivity index (χ3v) is 11.5. The fraction of sp³-hybridized carbons (Fsp3) is 0.442. The molecule has 0 radical (unpaired) electrons. The second kappa shape index (κ2) is 17.0. The van der Waals surface area contributed by atoms with Gasteiger partial charge in [-0.1, -0.05) is 95.4 Å². The van der Waals surface area contributed by atoms with Crippen LogP contribution in [0.2, 0.25) is 0 Å².